The van der Waals surface area contributed by atoms with E-state index in [1.54, 1.807) is 6.07 Å². The third-order valence-corrected chi connectivity index (χ3v) is 6.99. The van der Waals surface area contributed by atoms with Crippen LogP contribution in [0.4, 0.5) is 10.1 Å². The molecule has 176 valence electrons. The number of benzene rings is 2. The van der Waals surface area contributed by atoms with Gasteiger partial charge in [0.15, 0.2) is 11.6 Å². The molecule has 1 fully saturated rings. The molecule has 1 aliphatic rings. The Morgan fingerprint density at radius 3 is 2.48 bits per heavy atom. The van der Waals surface area contributed by atoms with Gasteiger partial charge < -0.3 is 15.3 Å². The Balaban J connectivity index is 1.74. The summed E-state index contributed by atoms with van der Waals surface area (Å²) in [5, 5.41) is 14.6. The highest BCUT2D eigenvalue weighted by molar-refractivity contribution is 6.32. The van der Waals surface area contributed by atoms with Crippen LogP contribution in [-0.2, 0) is 6.42 Å². The number of pyridine rings is 1. The van der Waals surface area contributed by atoms with E-state index in [9.17, 15) is 9.50 Å². The third-order valence-electron chi connectivity index (χ3n) is 6.70. The van der Waals surface area contributed by atoms with Crippen molar-refractivity contribution >= 4 is 28.2 Å². The highest BCUT2D eigenvalue weighted by Gasteiger charge is 2.24. The summed E-state index contributed by atoms with van der Waals surface area (Å²) in [6.07, 6.45) is 7.56. The van der Waals surface area contributed by atoms with Gasteiger partial charge in [0.1, 0.15) is 0 Å². The van der Waals surface area contributed by atoms with E-state index in [2.05, 4.69) is 44.2 Å². The lowest BCUT2D eigenvalue weighted by Gasteiger charge is -2.34. The normalized spacial score (nSPS) is 18.9. The van der Waals surface area contributed by atoms with Gasteiger partial charge in [-0.25, -0.2) is 4.39 Å². The van der Waals surface area contributed by atoms with Crippen LogP contribution < -0.4 is 5.32 Å². The average Bonchev–Trinajstić information content (AvgIpc) is 2.78. The largest absolute Gasteiger partial charge is 0.504 e. The number of hydrogen-bond acceptors (Lipinski definition) is 4. The van der Waals surface area contributed by atoms with Crippen molar-refractivity contribution in [3.05, 3.63) is 52.9 Å². The predicted octanol–water partition coefficient (Wildman–Crippen LogP) is 6.88. The topological polar surface area (TPSA) is 48.4 Å². The van der Waals surface area contributed by atoms with Gasteiger partial charge in [0.05, 0.1) is 10.5 Å². The molecule has 0 radical (unpaired) electrons. The molecule has 2 aromatic carbocycles. The maximum Gasteiger partial charge on any atom is 0.170 e. The van der Waals surface area contributed by atoms with E-state index in [1.807, 2.05) is 18.3 Å². The van der Waals surface area contributed by atoms with Crippen LogP contribution in [0.5, 0.6) is 5.75 Å². The fourth-order valence-electron chi connectivity index (χ4n) is 4.85. The summed E-state index contributed by atoms with van der Waals surface area (Å²) in [5.41, 5.74) is 4.71. The minimum Gasteiger partial charge on any atom is -0.504 e. The number of phenolic OH excluding ortho intramolecular Hbond substituents is 1. The summed E-state index contributed by atoms with van der Waals surface area (Å²) in [5.74, 6) is -0.736. The van der Waals surface area contributed by atoms with Crippen molar-refractivity contribution in [3.63, 3.8) is 0 Å². The smallest absolute Gasteiger partial charge is 0.170 e. The predicted molar refractivity (Wildman–Crippen MR) is 136 cm³/mol. The molecule has 1 heterocycles. The monoisotopic (exact) mass is 469 g/mol. The van der Waals surface area contributed by atoms with Gasteiger partial charge >= 0.3 is 0 Å². The molecule has 0 spiro atoms. The molecule has 6 heteroatoms. The molecule has 1 aliphatic carbocycles. The number of aromatic hydroxyl groups is 1. The molecule has 33 heavy (non-hydrogen) atoms. The number of anilines is 1. The van der Waals surface area contributed by atoms with Crippen molar-refractivity contribution in [1.29, 1.82) is 0 Å². The van der Waals surface area contributed by atoms with Crippen molar-refractivity contribution in [2.45, 2.75) is 58.0 Å². The second kappa shape index (κ2) is 9.86. The Kier molecular flexibility index (Phi) is 7.10. The second-order valence-electron chi connectivity index (χ2n) is 9.89. The van der Waals surface area contributed by atoms with Crippen LogP contribution in [0.1, 0.15) is 45.1 Å². The van der Waals surface area contributed by atoms with Gasteiger partial charge in [-0.1, -0.05) is 31.5 Å². The SMILES string of the molecule is CC(C)Cc1cnc2ccc(-c3cc(F)c(O)c(Cl)c3)cc2c1N[C@H]1CC[C@H](N(C)C)CC1. The third kappa shape index (κ3) is 5.25. The lowest BCUT2D eigenvalue weighted by molar-refractivity contribution is 0.221. The van der Waals surface area contributed by atoms with Gasteiger partial charge in [-0.05, 0) is 93.1 Å². The van der Waals surface area contributed by atoms with E-state index in [0.717, 1.165) is 41.4 Å². The molecule has 4 rings (SSSR count). The Hall–Kier alpha value is -2.37. The zero-order valence-corrected chi connectivity index (χ0v) is 20.6. The van der Waals surface area contributed by atoms with Crippen molar-refractivity contribution in [3.8, 4) is 16.9 Å². The zero-order valence-electron chi connectivity index (χ0n) is 19.8. The first-order chi connectivity index (χ1) is 15.7. The Morgan fingerprint density at radius 1 is 1.12 bits per heavy atom. The van der Waals surface area contributed by atoms with Gasteiger partial charge in [-0.2, -0.15) is 0 Å². The first kappa shape index (κ1) is 23.8. The fourth-order valence-corrected chi connectivity index (χ4v) is 5.06. The molecule has 0 aliphatic heterocycles. The first-order valence-corrected chi connectivity index (χ1v) is 12.1. The number of nitrogens with zero attached hydrogens (tertiary/aromatic N) is 2. The number of halogens is 2. The number of phenols is 1. The van der Waals surface area contributed by atoms with Crippen LogP contribution in [0.15, 0.2) is 36.5 Å². The van der Waals surface area contributed by atoms with Gasteiger partial charge in [0.2, 0.25) is 0 Å². The molecule has 0 amide bonds. The number of hydrogen-bond donors (Lipinski definition) is 2. The van der Waals surface area contributed by atoms with Crippen molar-refractivity contribution < 1.29 is 9.50 Å². The van der Waals surface area contributed by atoms with Gasteiger partial charge in [0.25, 0.3) is 0 Å². The molecule has 3 aromatic rings. The lowest BCUT2D eigenvalue weighted by atomic mass is 9.89. The first-order valence-electron chi connectivity index (χ1n) is 11.8. The summed E-state index contributed by atoms with van der Waals surface area (Å²) in [7, 11) is 4.32. The Morgan fingerprint density at radius 2 is 1.85 bits per heavy atom. The Labute approximate surface area is 200 Å². The summed E-state index contributed by atoms with van der Waals surface area (Å²) in [4.78, 5) is 7.05. The average molecular weight is 470 g/mol. The number of aromatic nitrogens is 1. The number of nitrogens with one attached hydrogen (secondary N) is 1. The Bertz CT molecular complexity index is 1120. The highest BCUT2D eigenvalue weighted by Crippen LogP contribution is 2.37. The lowest BCUT2D eigenvalue weighted by Crippen LogP contribution is -2.36. The van der Waals surface area contributed by atoms with E-state index < -0.39 is 11.6 Å². The zero-order chi connectivity index (χ0) is 23.7. The van der Waals surface area contributed by atoms with E-state index in [-0.39, 0.29) is 5.02 Å². The highest BCUT2D eigenvalue weighted by atomic mass is 35.5. The maximum absolute atomic E-state index is 14.2. The molecule has 2 N–H and O–H groups in total. The molecule has 0 bridgehead atoms. The van der Waals surface area contributed by atoms with E-state index >= 15 is 0 Å². The van der Waals surface area contributed by atoms with Gasteiger partial charge in [-0.15, -0.1) is 0 Å². The van der Waals surface area contributed by atoms with E-state index in [4.69, 9.17) is 16.6 Å². The van der Waals surface area contributed by atoms with E-state index in [1.165, 1.54) is 24.5 Å². The van der Waals surface area contributed by atoms with Crippen molar-refractivity contribution in [1.82, 2.24) is 9.88 Å². The number of rotatable bonds is 6. The molecule has 1 saturated carbocycles. The van der Waals surface area contributed by atoms with Crippen LogP contribution in [-0.4, -0.2) is 41.2 Å². The molecule has 0 unspecified atom stereocenters. The molecular weight excluding hydrogens is 437 g/mol. The van der Waals surface area contributed by atoms with Crippen LogP contribution in [0.2, 0.25) is 5.02 Å². The van der Waals surface area contributed by atoms with Crippen molar-refractivity contribution in [2.75, 3.05) is 19.4 Å². The van der Waals surface area contributed by atoms with Gasteiger partial charge in [-0.3, -0.25) is 4.98 Å². The van der Waals surface area contributed by atoms with Gasteiger partial charge in [0, 0.05) is 29.4 Å². The maximum atomic E-state index is 14.2. The molecule has 1 aromatic heterocycles. The number of fused-ring (bicyclic) bond motifs is 1. The van der Waals surface area contributed by atoms with Crippen LogP contribution >= 0.6 is 11.6 Å². The summed E-state index contributed by atoms with van der Waals surface area (Å²) < 4.78 is 14.2. The molecule has 0 atom stereocenters. The summed E-state index contributed by atoms with van der Waals surface area (Å²) in [6.45, 7) is 4.43. The molecule has 4 nitrogen and oxygen atoms in total. The van der Waals surface area contributed by atoms with Crippen LogP contribution in [0, 0.1) is 11.7 Å². The van der Waals surface area contributed by atoms with Crippen LogP contribution in [0.3, 0.4) is 0 Å². The molecule has 0 saturated heterocycles. The minimum absolute atomic E-state index is 0.00720. The van der Waals surface area contributed by atoms with Crippen molar-refractivity contribution in [2.24, 2.45) is 5.92 Å². The quantitative estimate of drug-likeness (QED) is 0.413. The standard InChI is InChI=1S/C27H33ClFN3O/c1-16(2)11-19-15-30-25-10-5-17(18-13-23(28)27(33)24(29)14-18)12-22(25)26(19)31-20-6-8-21(9-7-20)32(3)4/h5,10,12-16,20-21,33H,6-9,11H2,1-4H3,(H,30,31)/t20-,21-. The summed E-state index contributed by atoms with van der Waals surface area (Å²) >= 11 is 6.05. The second-order valence-corrected chi connectivity index (χ2v) is 10.3. The molecular formula is C27H33ClFN3O. The fraction of sp³-hybridized carbons (Fsp3) is 0.444. The summed E-state index contributed by atoms with van der Waals surface area (Å²) in [6, 6.07) is 9.94. The minimum atomic E-state index is -0.722. The van der Waals surface area contributed by atoms with Crippen LogP contribution in [0.25, 0.3) is 22.0 Å². The van der Waals surface area contributed by atoms with E-state index in [0.29, 0.717) is 23.6 Å².